The van der Waals surface area contributed by atoms with Gasteiger partial charge in [-0.25, -0.2) is 4.79 Å². The summed E-state index contributed by atoms with van der Waals surface area (Å²) in [6.45, 7) is 6.53. The molecule has 0 heterocycles. The number of benzene rings is 1. The van der Waals surface area contributed by atoms with Gasteiger partial charge in [0.15, 0.2) is 0 Å². The van der Waals surface area contributed by atoms with Crippen LogP contribution in [0.4, 0.5) is 4.79 Å². The third kappa shape index (κ3) is 6.35. The number of hydrogen-bond acceptors (Lipinski definition) is 4. The van der Waals surface area contributed by atoms with E-state index in [1.165, 1.54) is 0 Å². The van der Waals surface area contributed by atoms with E-state index in [4.69, 9.17) is 9.47 Å². The molecule has 5 heteroatoms. The molecule has 136 valence electrons. The maximum Gasteiger partial charge on any atom is 0.410 e. The van der Waals surface area contributed by atoms with Gasteiger partial charge in [-0.2, -0.15) is 0 Å². The van der Waals surface area contributed by atoms with Crippen LogP contribution in [-0.2, 0) is 16.0 Å². The third-order valence-electron chi connectivity index (χ3n) is 3.72. The predicted octanol–water partition coefficient (Wildman–Crippen LogP) is 4.06. The van der Waals surface area contributed by atoms with E-state index in [1.54, 1.807) is 12.0 Å². The SMILES string of the molecule is COC/C=C/c1cc(C=O)cc(CN(C(=O)OC(C)(C)C)C2CC2)c1. The van der Waals surface area contributed by atoms with E-state index >= 15 is 0 Å². The summed E-state index contributed by atoms with van der Waals surface area (Å²) in [6.07, 6.45) is 6.31. The topological polar surface area (TPSA) is 55.8 Å². The molecule has 2 rings (SSSR count). The number of nitrogens with zero attached hydrogens (tertiary/aromatic N) is 1. The molecule has 0 N–H and O–H groups in total. The highest BCUT2D eigenvalue weighted by molar-refractivity contribution is 5.77. The van der Waals surface area contributed by atoms with Gasteiger partial charge in [0, 0.05) is 25.3 Å². The molecule has 0 aliphatic heterocycles. The van der Waals surface area contributed by atoms with Gasteiger partial charge in [0.2, 0.25) is 0 Å². The maximum absolute atomic E-state index is 12.5. The highest BCUT2D eigenvalue weighted by Gasteiger charge is 2.35. The number of carbonyl (C=O) groups excluding carboxylic acids is 2. The van der Waals surface area contributed by atoms with Crippen LogP contribution in [0.1, 0.15) is 55.1 Å². The van der Waals surface area contributed by atoms with E-state index in [0.717, 1.165) is 30.3 Å². The first-order valence-corrected chi connectivity index (χ1v) is 8.56. The van der Waals surface area contributed by atoms with Crippen molar-refractivity contribution >= 4 is 18.5 Å². The number of hydrogen-bond donors (Lipinski definition) is 0. The second-order valence-electron chi connectivity index (χ2n) is 7.32. The molecule has 1 aliphatic rings. The van der Waals surface area contributed by atoms with Crippen LogP contribution in [0.25, 0.3) is 6.08 Å². The van der Waals surface area contributed by atoms with Gasteiger partial charge in [0.1, 0.15) is 11.9 Å². The summed E-state index contributed by atoms with van der Waals surface area (Å²) in [5.41, 5.74) is 1.90. The Hall–Kier alpha value is -2.14. The van der Waals surface area contributed by atoms with Crippen molar-refractivity contribution in [2.24, 2.45) is 0 Å². The summed E-state index contributed by atoms with van der Waals surface area (Å²) in [5.74, 6) is 0. The summed E-state index contributed by atoms with van der Waals surface area (Å²) in [5, 5.41) is 0. The largest absolute Gasteiger partial charge is 0.444 e. The average molecular weight is 345 g/mol. The molecular formula is C20H27NO4. The van der Waals surface area contributed by atoms with Crippen LogP contribution in [0.2, 0.25) is 0 Å². The Morgan fingerprint density at radius 1 is 1.24 bits per heavy atom. The average Bonchev–Trinajstić information content (AvgIpc) is 3.35. The van der Waals surface area contributed by atoms with Gasteiger partial charge in [0.25, 0.3) is 0 Å². The van der Waals surface area contributed by atoms with E-state index < -0.39 is 5.60 Å². The molecule has 0 atom stereocenters. The zero-order valence-corrected chi connectivity index (χ0v) is 15.5. The van der Waals surface area contributed by atoms with Gasteiger partial charge in [-0.1, -0.05) is 12.2 Å². The Balaban J connectivity index is 2.19. The lowest BCUT2D eigenvalue weighted by molar-refractivity contribution is 0.0216. The molecule has 0 bridgehead atoms. The molecule has 0 unspecified atom stereocenters. The van der Waals surface area contributed by atoms with Crippen molar-refractivity contribution in [1.82, 2.24) is 4.90 Å². The maximum atomic E-state index is 12.5. The smallest absolute Gasteiger partial charge is 0.410 e. The summed E-state index contributed by atoms with van der Waals surface area (Å²) in [7, 11) is 1.63. The molecule has 0 aromatic heterocycles. The summed E-state index contributed by atoms with van der Waals surface area (Å²) in [4.78, 5) is 25.5. The molecule has 1 amide bonds. The molecule has 0 saturated heterocycles. The molecule has 0 spiro atoms. The van der Waals surface area contributed by atoms with Crippen molar-refractivity contribution < 1.29 is 19.1 Å². The van der Waals surface area contributed by atoms with Crippen LogP contribution < -0.4 is 0 Å². The van der Waals surface area contributed by atoms with E-state index in [2.05, 4.69) is 0 Å². The summed E-state index contributed by atoms with van der Waals surface area (Å²) < 4.78 is 10.5. The number of aldehydes is 1. The first kappa shape index (κ1) is 19.2. The normalized spacial score (nSPS) is 14.6. The molecule has 5 nitrogen and oxygen atoms in total. The number of rotatable bonds is 7. The summed E-state index contributed by atoms with van der Waals surface area (Å²) in [6, 6.07) is 5.85. The van der Waals surface area contributed by atoms with Crippen LogP contribution in [0, 0.1) is 0 Å². The molecule has 1 saturated carbocycles. The summed E-state index contributed by atoms with van der Waals surface area (Å²) >= 11 is 0. The van der Waals surface area contributed by atoms with Crippen molar-refractivity contribution in [2.75, 3.05) is 13.7 Å². The van der Waals surface area contributed by atoms with Crippen molar-refractivity contribution in [3.05, 3.63) is 41.0 Å². The zero-order chi connectivity index (χ0) is 18.4. The Kier molecular flexibility index (Phi) is 6.37. The molecule has 1 aromatic carbocycles. The molecule has 1 aromatic rings. The monoisotopic (exact) mass is 345 g/mol. The highest BCUT2D eigenvalue weighted by Crippen LogP contribution is 2.30. The third-order valence-corrected chi connectivity index (χ3v) is 3.72. The molecule has 1 fully saturated rings. The van der Waals surface area contributed by atoms with E-state index in [0.29, 0.717) is 18.7 Å². The fraction of sp³-hybridized carbons (Fsp3) is 0.500. The number of methoxy groups -OCH3 is 1. The van der Waals surface area contributed by atoms with Gasteiger partial charge < -0.3 is 14.4 Å². The lowest BCUT2D eigenvalue weighted by Crippen LogP contribution is -2.37. The first-order valence-electron chi connectivity index (χ1n) is 8.56. The molecular weight excluding hydrogens is 318 g/mol. The molecule has 25 heavy (non-hydrogen) atoms. The van der Waals surface area contributed by atoms with Gasteiger partial charge in [-0.05, 0) is 62.9 Å². The number of ether oxygens (including phenoxy) is 2. The van der Waals surface area contributed by atoms with Crippen LogP contribution in [0.5, 0.6) is 0 Å². The van der Waals surface area contributed by atoms with Gasteiger partial charge >= 0.3 is 6.09 Å². The quantitative estimate of drug-likeness (QED) is 0.699. The minimum Gasteiger partial charge on any atom is -0.444 e. The first-order chi connectivity index (χ1) is 11.8. The molecule has 0 radical (unpaired) electrons. The number of amides is 1. The van der Waals surface area contributed by atoms with Crippen LogP contribution in [0.3, 0.4) is 0 Å². The Morgan fingerprint density at radius 2 is 1.92 bits per heavy atom. The Labute approximate surface area is 149 Å². The van der Waals surface area contributed by atoms with Crippen LogP contribution >= 0.6 is 0 Å². The highest BCUT2D eigenvalue weighted by atomic mass is 16.6. The van der Waals surface area contributed by atoms with E-state index in [1.807, 2.05) is 51.1 Å². The lowest BCUT2D eigenvalue weighted by atomic mass is 10.1. The van der Waals surface area contributed by atoms with Crippen molar-refractivity contribution in [3.8, 4) is 0 Å². The Bertz CT molecular complexity index is 642. The van der Waals surface area contributed by atoms with Gasteiger partial charge in [-0.15, -0.1) is 0 Å². The zero-order valence-electron chi connectivity index (χ0n) is 15.5. The second-order valence-corrected chi connectivity index (χ2v) is 7.32. The van der Waals surface area contributed by atoms with Crippen molar-refractivity contribution in [2.45, 2.75) is 51.8 Å². The minimum absolute atomic E-state index is 0.224. The standard InChI is InChI=1S/C20H27NO4/c1-20(2,3)25-19(23)21(18-7-8-18)13-16-10-15(6-5-9-24-4)11-17(12-16)14-22/h5-6,10-12,14,18H,7-9,13H2,1-4H3/b6-5+. The van der Waals surface area contributed by atoms with Crippen LogP contribution in [-0.4, -0.2) is 42.6 Å². The minimum atomic E-state index is -0.525. The molecule has 1 aliphatic carbocycles. The van der Waals surface area contributed by atoms with E-state index in [9.17, 15) is 9.59 Å². The van der Waals surface area contributed by atoms with Crippen molar-refractivity contribution in [1.29, 1.82) is 0 Å². The fourth-order valence-corrected chi connectivity index (χ4v) is 2.53. The van der Waals surface area contributed by atoms with Crippen LogP contribution in [0.15, 0.2) is 24.3 Å². The predicted molar refractivity (Wildman–Crippen MR) is 97.5 cm³/mol. The van der Waals surface area contributed by atoms with Gasteiger partial charge in [0.05, 0.1) is 6.61 Å². The number of carbonyl (C=O) groups is 2. The Morgan fingerprint density at radius 3 is 2.48 bits per heavy atom. The lowest BCUT2D eigenvalue weighted by Gasteiger charge is -2.27. The van der Waals surface area contributed by atoms with Gasteiger partial charge in [-0.3, -0.25) is 4.79 Å². The van der Waals surface area contributed by atoms with Crippen molar-refractivity contribution in [3.63, 3.8) is 0 Å². The second kappa shape index (κ2) is 8.30. The fourth-order valence-electron chi connectivity index (χ4n) is 2.53. The van der Waals surface area contributed by atoms with E-state index in [-0.39, 0.29) is 12.1 Å².